The molecule has 0 unspecified atom stereocenters. The topological polar surface area (TPSA) is 102 Å². The minimum atomic E-state index is -0.912. The van der Waals surface area contributed by atoms with Crippen molar-refractivity contribution >= 4 is 29.2 Å². The van der Waals surface area contributed by atoms with Crippen LogP contribution >= 0.6 is 11.8 Å². The summed E-state index contributed by atoms with van der Waals surface area (Å²) in [5, 5.41) is 9.27. The Morgan fingerprint density at radius 2 is 1.96 bits per heavy atom. The molecule has 0 amide bonds. The Bertz CT molecular complexity index is 761. The van der Waals surface area contributed by atoms with Crippen LogP contribution in [0.2, 0.25) is 0 Å². The van der Waals surface area contributed by atoms with Gasteiger partial charge in [0.15, 0.2) is 5.82 Å². The number of hydrogen-bond donors (Lipinski definition) is 2. The maximum Gasteiger partial charge on any atom is 0.309 e. The molecule has 0 spiro atoms. The Hall–Kier alpha value is -2.32. The van der Waals surface area contributed by atoms with Gasteiger partial charge in [0.05, 0.1) is 30.2 Å². The zero-order valence-electron chi connectivity index (χ0n) is 13.9. The van der Waals surface area contributed by atoms with Crippen LogP contribution < -0.4 is 10.6 Å². The minimum absolute atomic E-state index is 0.141. The van der Waals surface area contributed by atoms with E-state index < -0.39 is 5.97 Å². The maximum absolute atomic E-state index is 11.3. The summed E-state index contributed by atoms with van der Waals surface area (Å²) in [5.74, 6) is 0.370. The number of benzene rings is 1. The third-order valence-corrected chi connectivity index (χ3v) is 4.75. The van der Waals surface area contributed by atoms with E-state index in [1.165, 1.54) is 11.8 Å². The summed E-state index contributed by atoms with van der Waals surface area (Å²) in [6.07, 6.45) is 1.77. The largest absolute Gasteiger partial charge is 0.481 e. The van der Waals surface area contributed by atoms with Crippen LogP contribution in [0.5, 0.6) is 0 Å². The Balaban J connectivity index is 2.11. The first-order valence-electron chi connectivity index (χ1n) is 7.94. The van der Waals surface area contributed by atoms with E-state index in [1.54, 1.807) is 12.1 Å². The summed E-state index contributed by atoms with van der Waals surface area (Å²) in [6, 6.07) is 7.26. The first kappa shape index (κ1) is 17.5. The lowest BCUT2D eigenvalue weighted by Gasteiger charge is -2.30. The second-order valence-corrected chi connectivity index (χ2v) is 6.46. The van der Waals surface area contributed by atoms with E-state index in [0.29, 0.717) is 30.4 Å². The second kappa shape index (κ2) is 7.71. The smallest absolute Gasteiger partial charge is 0.309 e. The predicted octanol–water partition coefficient (Wildman–Crippen LogP) is 1.91. The number of hydrogen-bond acceptors (Lipinski definition) is 7. The van der Waals surface area contributed by atoms with Gasteiger partial charge in [0.1, 0.15) is 5.82 Å². The van der Waals surface area contributed by atoms with Crippen LogP contribution in [0.25, 0.3) is 11.4 Å². The molecule has 8 heteroatoms. The predicted molar refractivity (Wildman–Crippen MR) is 98.0 cm³/mol. The van der Waals surface area contributed by atoms with Crippen LogP contribution in [0.4, 0.5) is 11.5 Å². The molecule has 1 fully saturated rings. The molecule has 1 saturated heterocycles. The highest BCUT2D eigenvalue weighted by molar-refractivity contribution is 7.98. The summed E-state index contributed by atoms with van der Waals surface area (Å²) >= 11 is 1.47. The number of aliphatic carboxylic acids is 1. The van der Waals surface area contributed by atoms with Crippen molar-refractivity contribution < 1.29 is 14.6 Å². The first-order chi connectivity index (χ1) is 12.1. The molecule has 25 heavy (non-hydrogen) atoms. The van der Waals surface area contributed by atoms with Gasteiger partial charge < -0.3 is 20.5 Å². The molecule has 0 atom stereocenters. The normalized spacial score (nSPS) is 14.5. The Morgan fingerprint density at radius 3 is 2.56 bits per heavy atom. The molecule has 1 aliphatic heterocycles. The Labute approximate surface area is 150 Å². The molecular weight excluding hydrogens is 340 g/mol. The van der Waals surface area contributed by atoms with Crippen molar-refractivity contribution in [2.24, 2.45) is 0 Å². The van der Waals surface area contributed by atoms with E-state index in [-0.39, 0.29) is 6.42 Å². The second-order valence-electron chi connectivity index (χ2n) is 5.64. The molecule has 0 saturated carbocycles. The fraction of sp³-hybridized carbons (Fsp3) is 0.353. The molecule has 1 aromatic carbocycles. The molecule has 132 valence electrons. The average molecular weight is 360 g/mol. The third kappa shape index (κ3) is 4.02. The third-order valence-electron chi connectivity index (χ3n) is 3.92. The van der Waals surface area contributed by atoms with Crippen LogP contribution in [-0.4, -0.2) is 53.6 Å². The lowest BCUT2D eigenvalue weighted by atomic mass is 10.2. The SMILES string of the molecule is CSc1c(CC(=O)O)nc(-c2ccc(N)cc2)nc1N1CCOCC1. The van der Waals surface area contributed by atoms with Crippen molar-refractivity contribution in [2.45, 2.75) is 11.3 Å². The van der Waals surface area contributed by atoms with E-state index in [9.17, 15) is 9.90 Å². The number of nitrogens with zero attached hydrogens (tertiary/aromatic N) is 3. The number of anilines is 2. The number of carbonyl (C=O) groups is 1. The van der Waals surface area contributed by atoms with Gasteiger partial charge in [0.25, 0.3) is 0 Å². The van der Waals surface area contributed by atoms with E-state index >= 15 is 0 Å². The quantitative estimate of drug-likeness (QED) is 0.616. The molecule has 2 heterocycles. The van der Waals surface area contributed by atoms with Crippen molar-refractivity contribution in [1.82, 2.24) is 9.97 Å². The van der Waals surface area contributed by atoms with Crippen molar-refractivity contribution in [3.8, 4) is 11.4 Å². The molecule has 3 N–H and O–H groups in total. The number of nitrogen functional groups attached to an aromatic ring is 1. The standard InChI is InChI=1S/C17H20N4O3S/c1-25-15-13(10-14(22)23)19-16(11-2-4-12(18)5-3-11)20-17(15)21-6-8-24-9-7-21/h2-5H,6-10,18H2,1H3,(H,22,23). The Morgan fingerprint density at radius 1 is 1.28 bits per heavy atom. The number of carboxylic acids is 1. The van der Waals surface area contributed by atoms with Gasteiger partial charge in [-0.15, -0.1) is 11.8 Å². The highest BCUT2D eigenvalue weighted by atomic mass is 32.2. The molecule has 0 radical (unpaired) electrons. The molecule has 1 aliphatic rings. The molecule has 1 aromatic heterocycles. The fourth-order valence-electron chi connectivity index (χ4n) is 2.71. The molecule has 0 aliphatic carbocycles. The summed E-state index contributed by atoms with van der Waals surface area (Å²) in [7, 11) is 0. The van der Waals surface area contributed by atoms with E-state index in [4.69, 9.17) is 15.5 Å². The highest BCUT2D eigenvalue weighted by Gasteiger charge is 2.22. The zero-order chi connectivity index (χ0) is 17.8. The zero-order valence-corrected chi connectivity index (χ0v) is 14.8. The number of thioether (sulfide) groups is 1. The molecule has 0 bridgehead atoms. The Kier molecular flexibility index (Phi) is 5.40. The van der Waals surface area contributed by atoms with Crippen molar-refractivity contribution in [1.29, 1.82) is 0 Å². The number of morpholine rings is 1. The van der Waals surface area contributed by atoms with Gasteiger partial charge in [-0.2, -0.15) is 0 Å². The molecular formula is C17H20N4O3S. The maximum atomic E-state index is 11.3. The molecule has 3 rings (SSSR count). The highest BCUT2D eigenvalue weighted by Crippen LogP contribution is 2.33. The number of carboxylic acid groups (broad SMARTS) is 1. The van der Waals surface area contributed by atoms with Crippen LogP contribution in [0.15, 0.2) is 29.2 Å². The first-order valence-corrected chi connectivity index (χ1v) is 9.16. The summed E-state index contributed by atoms with van der Waals surface area (Å²) in [6.45, 7) is 2.70. The van der Waals surface area contributed by atoms with Crippen LogP contribution in [0.3, 0.4) is 0 Å². The van der Waals surface area contributed by atoms with E-state index in [0.717, 1.165) is 29.4 Å². The lowest BCUT2D eigenvalue weighted by Crippen LogP contribution is -2.37. The van der Waals surface area contributed by atoms with E-state index in [1.807, 2.05) is 18.4 Å². The summed E-state index contributed by atoms with van der Waals surface area (Å²) in [4.78, 5) is 23.5. The van der Waals surface area contributed by atoms with E-state index in [2.05, 4.69) is 9.88 Å². The van der Waals surface area contributed by atoms with Gasteiger partial charge in [-0.3, -0.25) is 4.79 Å². The lowest BCUT2D eigenvalue weighted by molar-refractivity contribution is -0.136. The molecule has 2 aromatic rings. The van der Waals surface area contributed by atoms with Gasteiger partial charge in [-0.05, 0) is 30.5 Å². The number of aromatic nitrogens is 2. The van der Waals surface area contributed by atoms with Crippen molar-refractivity contribution in [2.75, 3.05) is 43.2 Å². The average Bonchev–Trinajstić information content (AvgIpc) is 2.62. The van der Waals surface area contributed by atoms with Gasteiger partial charge in [0, 0.05) is 24.3 Å². The number of nitrogens with two attached hydrogens (primary N) is 1. The number of ether oxygens (including phenoxy) is 1. The van der Waals surface area contributed by atoms with Crippen LogP contribution in [0.1, 0.15) is 5.69 Å². The van der Waals surface area contributed by atoms with Crippen LogP contribution in [-0.2, 0) is 16.0 Å². The molecule has 7 nitrogen and oxygen atoms in total. The monoisotopic (exact) mass is 360 g/mol. The van der Waals surface area contributed by atoms with Gasteiger partial charge in [-0.1, -0.05) is 0 Å². The van der Waals surface area contributed by atoms with Crippen molar-refractivity contribution in [3.63, 3.8) is 0 Å². The van der Waals surface area contributed by atoms with Gasteiger partial charge >= 0.3 is 5.97 Å². The number of rotatable bonds is 5. The van der Waals surface area contributed by atoms with Gasteiger partial charge in [0.2, 0.25) is 0 Å². The minimum Gasteiger partial charge on any atom is -0.481 e. The fourth-order valence-corrected chi connectivity index (χ4v) is 3.42. The summed E-state index contributed by atoms with van der Waals surface area (Å²) in [5.41, 5.74) is 7.74. The van der Waals surface area contributed by atoms with Crippen LogP contribution in [0, 0.1) is 0 Å². The summed E-state index contributed by atoms with van der Waals surface area (Å²) < 4.78 is 5.42. The van der Waals surface area contributed by atoms with Gasteiger partial charge in [-0.25, -0.2) is 9.97 Å². The van der Waals surface area contributed by atoms with Crippen molar-refractivity contribution in [3.05, 3.63) is 30.0 Å².